The lowest BCUT2D eigenvalue weighted by molar-refractivity contribution is -0.139. The van der Waals surface area contributed by atoms with Crippen molar-refractivity contribution in [1.29, 1.82) is 0 Å². The highest BCUT2D eigenvalue weighted by Crippen LogP contribution is 2.30. The number of nitrogens with zero attached hydrogens (tertiary/aromatic N) is 2. The van der Waals surface area contributed by atoms with Gasteiger partial charge in [0.15, 0.2) is 0 Å². The molecule has 0 radical (unpaired) electrons. The van der Waals surface area contributed by atoms with Gasteiger partial charge in [-0.3, -0.25) is 14.5 Å². The van der Waals surface area contributed by atoms with Crippen molar-refractivity contribution in [3.8, 4) is 0 Å². The minimum Gasteiger partial charge on any atom is -0.341 e. The van der Waals surface area contributed by atoms with E-state index in [2.05, 4.69) is 5.32 Å². The van der Waals surface area contributed by atoms with Gasteiger partial charge in [-0.15, -0.1) is 0 Å². The Labute approximate surface area is 157 Å². The third-order valence-corrected chi connectivity index (χ3v) is 4.36. The molecular weight excluding hydrogens is 359 g/mol. The van der Waals surface area contributed by atoms with Gasteiger partial charge in [0, 0.05) is 37.3 Å². The zero-order valence-corrected chi connectivity index (χ0v) is 15.9. The maximum absolute atomic E-state index is 12.8. The molecule has 0 bridgehead atoms. The van der Waals surface area contributed by atoms with Gasteiger partial charge >= 0.3 is 6.18 Å². The molecule has 5 nitrogen and oxygen atoms in total. The van der Waals surface area contributed by atoms with Crippen molar-refractivity contribution >= 4 is 17.5 Å². The summed E-state index contributed by atoms with van der Waals surface area (Å²) >= 11 is 0. The molecule has 150 valence electrons. The minimum atomic E-state index is -4.45. The first-order chi connectivity index (χ1) is 12.5. The molecule has 0 spiro atoms. The number of anilines is 1. The highest BCUT2D eigenvalue weighted by Gasteiger charge is 2.31. The van der Waals surface area contributed by atoms with E-state index in [1.54, 1.807) is 0 Å². The summed E-state index contributed by atoms with van der Waals surface area (Å²) in [4.78, 5) is 28.3. The lowest BCUT2D eigenvalue weighted by Gasteiger charge is -2.28. The van der Waals surface area contributed by atoms with Crippen molar-refractivity contribution in [2.24, 2.45) is 5.41 Å². The van der Waals surface area contributed by atoms with Crippen LogP contribution in [0, 0.1) is 5.41 Å². The fourth-order valence-electron chi connectivity index (χ4n) is 2.98. The van der Waals surface area contributed by atoms with Crippen molar-refractivity contribution in [2.45, 2.75) is 33.4 Å². The molecule has 1 aromatic rings. The molecule has 0 aromatic heterocycles. The number of alkyl halides is 3. The molecule has 1 fully saturated rings. The maximum atomic E-state index is 12.8. The van der Waals surface area contributed by atoms with Gasteiger partial charge in [-0.1, -0.05) is 26.8 Å². The average Bonchev–Trinajstić information content (AvgIpc) is 2.78. The van der Waals surface area contributed by atoms with E-state index in [4.69, 9.17) is 0 Å². The predicted octanol–water partition coefficient (Wildman–Crippen LogP) is 3.22. The lowest BCUT2D eigenvalue weighted by Crippen LogP contribution is -2.42. The molecule has 8 heteroatoms. The number of benzene rings is 1. The van der Waals surface area contributed by atoms with Crippen LogP contribution < -0.4 is 5.32 Å². The second-order valence-corrected chi connectivity index (χ2v) is 7.80. The van der Waals surface area contributed by atoms with Crippen LogP contribution in [0.1, 0.15) is 32.8 Å². The standard InChI is InChI=1S/C19H26F3N3O2/c1-18(2,3)17(27)25-9-5-8-24(10-11-25)13-16(26)23-15-7-4-6-14(12-15)19(20,21)22/h4,6-7,12H,5,8-11,13H2,1-3H3,(H,23,26). The quantitative estimate of drug-likeness (QED) is 0.869. The predicted molar refractivity (Wildman–Crippen MR) is 97.2 cm³/mol. The van der Waals surface area contributed by atoms with Gasteiger partial charge in [0.05, 0.1) is 12.1 Å². The number of nitrogens with one attached hydrogen (secondary N) is 1. The fraction of sp³-hybridized carbons (Fsp3) is 0.579. The van der Waals surface area contributed by atoms with E-state index < -0.39 is 17.2 Å². The largest absolute Gasteiger partial charge is 0.416 e. The molecule has 1 saturated heterocycles. The summed E-state index contributed by atoms with van der Waals surface area (Å²) in [5.74, 6) is -0.289. The molecule has 0 atom stereocenters. The Kier molecular flexibility index (Phi) is 6.51. The summed E-state index contributed by atoms with van der Waals surface area (Å²) in [6.07, 6.45) is -3.70. The number of carbonyl (C=O) groups is 2. The monoisotopic (exact) mass is 385 g/mol. The van der Waals surface area contributed by atoms with E-state index in [0.717, 1.165) is 18.6 Å². The topological polar surface area (TPSA) is 52.7 Å². The Balaban J connectivity index is 1.90. The summed E-state index contributed by atoms with van der Waals surface area (Å²) in [6.45, 7) is 8.09. The number of hydrogen-bond donors (Lipinski definition) is 1. The fourth-order valence-corrected chi connectivity index (χ4v) is 2.98. The second-order valence-electron chi connectivity index (χ2n) is 7.80. The van der Waals surface area contributed by atoms with E-state index in [-0.39, 0.29) is 24.0 Å². The number of hydrogen-bond acceptors (Lipinski definition) is 3. The first-order valence-corrected chi connectivity index (χ1v) is 8.95. The van der Waals surface area contributed by atoms with E-state index in [0.29, 0.717) is 26.2 Å². The summed E-state index contributed by atoms with van der Waals surface area (Å²) in [5.41, 5.74) is -1.13. The second kappa shape index (κ2) is 8.29. The van der Waals surface area contributed by atoms with Crippen LogP contribution in [-0.4, -0.2) is 54.3 Å². The zero-order valence-electron chi connectivity index (χ0n) is 15.9. The molecule has 0 unspecified atom stereocenters. The Morgan fingerprint density at radius 1 is 1.07 bits per heavy atom. The van der Waals surface area contributed by atoms with Crippen molar-refractivity contribution in [3.05, 3.63) is 29.8 Å². The molecular formula is C19H26F3N3O2. The first kappa shape index (κ1) is 21.2. The highest BCUT2D eigenvalue weighted by molar-refractivity contribution is 5.92. The summed E-state index contributed by atoms with van der Waals surface area (Å²) in [5, 5.41) is 2.52. The third kappa shape index (κ3) is 6.23. The van der Waals surface area contributed by atoms with Gasteiger partial charge < -0.3 is 10.2 Å². The SMILES string of the molecule is CC(C)(C)C(=O)N1CCCN(CC(=O)Nc2cccc(C(F)(F)F)c2)CC1. The van der Waals surface area contributed by atoms with Crippen molar-refractivity contribution in [1.82, 2.24) is 9.80 Å². The summed E-state index contributed by atoms with van der Waals surface area (Å²) in [6, 6.07) is 4.58. The van der Waals surface area contributed by atoms with Crippen molar-refractivity contribution in [2.75, 3.05) is 38.0 Å². The normalized spacial score (nSPS) is 16.7. The molecule has 27 heavy (non-hydrogen) atoms. The molecule has 0 saturated carbocycles. The Bertz CT molecular complexity index is 684. The Morgan fingerprint density at radius 3 is 2.41 bits per heavy atom. The van der Waals surface area contributed by atoms with Gasteiger partial charge in [-0.2, -0.15) is 13.2 Å². The van der Waals surface area contributed by atoms with Crippen molar-refractivity contribution < 1.29 is 22.8 Å². The van der Waals surface area contributed by atoms with Crippen LogP contribution >= 0.6 is 0 Å². The zero-order chi connectivity index (χ0) is 20.2. The number of amides is 2. The van der Waals surface area contributed by atoms with Crippen LogP contribution in [0.15, 0.2) is 24.3 Å². The van der Waals surface area contributed by atoms with Crippen molar-refractivity contribution in [3.63, 3.8) is 0 Å². The number of carbonyl (C=O) groups excluding carboxylic acids is 2. The van der Waals surface area contributed by atoms with E-state index >= 15 is 0 Å². The molecule has 1 aromatic carbocycles. The molecule has 0 aliphatic carbocycles. The highest BCUT2D eigenvalue weighted by atomic mass is 19.4. The maximum Gasteiger partial charge on any atom is 0.416 e. The van der Waals surface area contributed by atoms with E-state index in [1.807, 2.05) is 30.6 Å². The van der Waals surface area contributed by atoms with Gasteiger partial charge in [0.1, 0.15) is 0 Å². The van der Waals surface area contributed by atoms with Crippen LogP contribution in [0.5, 0.6) is 0 Å². The summed E-state index contributed by atoms with van der Waals surface area (Å²) in [7, 11) is 0. The van der Waals surface area contributed by atoms with Crippen LogP contribution in [0.4, 0.5) is 18.9 Å². The average molecular weight is 385 g/mol. The van der Waals surface area contributed by atoms with Gasteiger partial charge in [0.25, 0.3) is 0 Å². The Hall–Kier alpha value is -2.09. The molecule has 1 heterocycles. The molecule has 1 N–H and O–H groups in total. The first-order valence-electron chi connectivity index (χ1n) is 8.95. The van der Waals surface area contributed by atoms with Crippen LogP contribution in [0.3, 0.4) is 0 Å². The van der Waals surface area contributed by atoms with Gasteiger partial charge in [0.2, 0.25) is 11.8 Å². The molecule has 2 rings (SSSR count). The lowest BCUT2D eigenvalue weighted by atomic mass is 9.94. The number of halogens is 3. The third-order valence-electron chi connectivity index (χ3n) is 4.36. The summed E-state index contributed by atoms with van der Waals surface area (Å²) < 4.78 is 38.3. The smallest absolute Gasteiger partial charge is 0.341 e. The molecule has 2 amide bonds. The molecule has 1 aliphatic rings. The van der Waals surface area contributed by atoms with Gasteiger partial charge in [-0.05, 0) is 24.6 Å². The van der Waals surface area contributed by atoms with Crippen LogP contribution in [-0.2, 0) is 15.8 Å². The van der Waals surface area contributed by atoms with E-state index in [1.165, 1.54) is 12.1 Å². The minimum absolute atomic E-state index is 0.0772. The van der Waals surface area contributed by atoms with Crippen LogP contribution in [0.2, 0.25) is 0 Å². The van der Waals surface area contributed by atoms with Crippen LogP contribution in [0.25, 0.3) is 0 Å². The van der Waals surface area contributed by atoms with E-state index in [9.17, 15) is 22.8 Å². The molecule has 1 aliphatic heterocycles. The number of rotatable bonds is 3. The van der Waals surface area contributed by atoms with Gasteiger partial charge in [-0.25, -0.2) is 0 Å². The Morgan fingerprint density at radius 2 is 1.78 bits per heavy atom.